The SMILES string of the molecule is CCCc1nc(C2CC3CCC2C3)sc1C(=O)O. The van der Waals surface area contributed by atoms with Gasteiger partial charge in [-0.05, 0) is 37.5 Å². The fraction of sp³-hybridized carbons (Fsp3) is 0.714. The van der Waals surface area contributed by atoms with Gasteiger partial charge in [0.2, 0.25) is 0 Å². The molecular weight excluding hydrogens is 246 g/mol. The third-order valence-electron chi connectivity index (χ3n) is 4.45. The van der Waals surface area contributed by atoms with Crippen LogP contribution in [-0.2, 0) is 6.42 Å². The van der Waals surface area contributed by atoms with Gasteiger partial charge in [-0.3, -0.25) is 0 Å². The number of thiazole rings is 1. The Morgan fingerprint density at radius 3 is 2.83 bits per heavy atom. The number of carboxylic acid groups (broad SMARTS) is 1. The summed E-state index contributed by atoms with van der Waals surface area (Å²) in [4.78, 5) is 16.4. The number of aryl methyl sites for hydroxylation is 1. The van der Waals surface area contributed by atoms with Gasteiger partial charge in [0.05, 0.1) is 10.7 Å². The zero-order valence-electron chi connectivity index (χ0n) is 10.7. The number of aromatic nitrogens is 1. The average molecular weight is 265 g/mol. The summed E-state index contributed by atoms with van der Waals surface area (Å²) >= 11 is 1.43. The number of carboxylic acids is 1. The van der Waals surface area contributed by atoms with Gasteiger partial charge in [0.25, 0.3) is 0 Å². The molecule has 2 fully saturated rings. The first-order valence-corrected chi connectivity index (χ1v) is 7.73. The summed E-state index contributed by atoms with van der Waals surface area (Å²) in [5.74, 6) is 1.41. The predicted molar refractivity (Wildman–Crippen MR) is 71.3 cm³/mol. The summed E-state index contributed by atoms with van der Waals surface area (Å²) < 4.78 is 0. The standard InChI is InChI=1S/C14H19NO2S/c1-2-3-11-12(14(16)17)18-13(15-11)10-7-8-4-5-9(10)6-8/h8-10H,2-7H2,1H3,(H,16,17). The van der Waals surface area contributed by atoms with Crippen LogP contribution in [0.25, 0.3) is 0 Å². The second kappa shape index (κ2) is 4.65. The predicted octanol–water partition coefficient (Wildman–Crippen LogP) is 3.70. The van der Waals surface area contributed by atoms with Crippen LogP contribution < -0.4 is 0 Å². The molecule has 2 aliphatic carbocycles. The van der Waals surface area contributed by atoms with Crippen LogP contribution in [0, 0.1) is 11.8 Å². The molecule has 1 N–H and O–H groups in total. The van der Waals surface area contributed by atoms with Gasteiger partial charge in [-0.1, -0.05) is 19.8 Å². The van der Waals surface area contributed by atoms with Crippen molar-refractivity contribution in [3.05, 3.63) is 15.6 Å². The van der Waals surface area contributed by atoms with Gasteiger partial charge in [-0.25, -0.2) is 9.78 Å². The molecule has 2 aliphatic rings. The summed E-state index contributed by atoms with van der Waals surface area (Å²) in [5, 5.41) is 10.4. The number of nitrogens with zero attached hydrogens (tertiary/aromatic N) is 1. The Labute approximate surface area is 111 Å². The molecule has 2 bridgehead atoms. The Bertz CT molecular complexity index is 468. The van der Waals surface area contributed by atoms with Gasteiger partial charge in [0.1, 0.15) is 4.88 Å². The molecule has 0 radical (unpaired) electrons. The molecule has 18 heavy (non-hydrogen) atoms. The first-order chi connectivity index (χ1) is 8.69. The van der Waals surface area contributed by atoms with Crippen LogP contribution in [0.3, 0.4) is 0 Å². The number of fused-ring (bicyclic) bond motifs is 2. The van der Waals surface area contributed by atoms with E-state index in [1.54, 1.807) is 0 Å². The summed E-state index contributed by atoms with van der Waals surface area (Å²) in [7, 11) is 0. The number of hydrogen-bond acceptors (Lipinski definition) is 3. The molecule has 1 aromatic heterocycles. The van der Waals surface area contributed by atoms with Crippen LogP contribution in [0.5, 0.6) is 0 Å². The maximum atomic E-state index is 11.3. The maximum absolute atomic E-state index is 11.3. The number of rotatable bonds is 4. The fourth-order valence-corrected chi connectivity index (χ4v) is 4.81. The summed E-state index contributed by atoms with van der Waals surface area (Å²) in [6.07, 6.45) is 7.03. The molecule has 1 heterocycles. The van der Waals surface area contributed by atoms with Crippen LogP contribution in [0.4, 0.5) is 0 Å². The van der Waals surface area contributed by atoms with Gasteiger partial charge in [0.15, 0.2) is 0 Å². The molecule has 3 atom stereocenters. The molecule has 2 saturated carbocycles. The largest absolute Gasteiger partial charge is 0.477 e. The highest BCUT2D eigenvalue weighted by molar-refractivity contribution is 7.13. The summed E-state index contributed by atoms with van der Waals surface area (Å²) in [6, 6.07) is 0. The van der Waals surface area contributed by atoms with Crippen molar-refractivity contribution in [2.24, 2.45) is 11.8 Å². The smallest absolute Gasteiger partial charge is 0.347 e. The van der Waals surface area contributed by atoms with Gasteiger partial charge in [0, 0.05) is 5.92 Å². The molecule has 0 aliphatic heterocycles. The molecule has 0 saturated heterocycles. The first-order valence-electron chi connectivity index (χ1n) is 6.92. The molecule has 4 heteroatoms. The van der Waals surface area contributed by atoms with E-state index in [0.29, 0.717) is 10.8 Å². The van der Waals surface area contributed by atoms with Crippen LogP contribution in [-0.4, -0.2) is 16.1 Å². The van der Waals surface area contributed by atoms with E-state index in [4.69, 9.17) is 0 Å². The van der Waals surface area contributed by atoms with Gasteiger partial charge < -0.3 is 5.11 Å². The van der Waals surface area contributed by atoms with Gasteiger partial charge in [-0.2, -0.15) is 0 Å². The van der Waals surface area contributed by atoms with Gasteiger partial charge in [-0.15, -0.1) is 11.3 Å². The average Bonchev–Trinajstić information content (AvgIpc) is 3.02. The lowest BCUT2D eigenvalue weighted by molar-refractivity contribution is 0.0700. The number of hydrogen-bond donors (Lipinski definition) is 1. The van der Waals surface area contributed by atoms with Crippen molar-refractivity contribution in [3.8, 4) is 0 Å². The molecule has 1 aromatic rings. The summed E-state index contributed by atoms with van der Waals surface area (Å²) in [5.41, 5.74) is 0.813. The van der Waals surface area contributed by atoms with Crippen molar-refractivity contribution in [2.75, 3.05) is 0 Å². The van der Waals surface area contributed by atoms with E-state index in [1.807, 2.05) is 0 Å². The highest BCUT2D eigenvalue weighted by Gasteiger charge is 2.42. The topological polar surface area (TPSA) is 50.2 Å². The van der Waals surface area contributed by atoms with E-state index < -0.39 is 5.97 Å². The van der Waals surface area contributed by atoms with Crippen molar-refractivity contribution in [1.82, 2.24) is 4.98 Å². The first kappa shape index (κ1) is 12.2. The lowest BCUT2D eigenvalue weighted by atomic mass is 9.89. The van der Waals surface area contributed by atoms with E-state index in [-0.39, 0.29) is 0 Å². The quantitative estimate of drug-likeness (QED) is 0.903. The minimum absolute atomic E-state index is 0.481. The molecule has 0 amide bonds. The van der Waals surface area contributed by atoms with Crippen LogP contribution >= 0.6 is 11.3 Å². The Morgan fingerprint density at radius 2 is 2.28 bits per heavy atom. The highest BCUT2D eigenvalue weighted by atomic mass is 32.1. The van der Waals surface area contributed by atoms with E-state index >= 15 is 0 Å². The van der Waals surface area contributed by atoms with E-state index in [2.05, 4.69) is 11.9 Å². The molecular formula is C14H19NO2S. The van der Waals surface area contributed by atoms with E-state index in [0.717, 1.165) is 35.4 Å². The Morgan fingerprint density at radius 1 is 1.44 bits per heavy atom. The molecule has 3 nitrogen and oxygen atoms in total. The van der Waals surface area contributed by atoms with Crippen molar-refractivity contribution < 1.29 is 9.90 Å². The minimum Gasteiger partial charge on any atom is -0.477 e. The van der Waals surface area contributed by atoms with Crippen LogP contribution in [0.2, 0.25) is 0 Å². The zero-order valence-corrected chi connectivity index (χ0v) is 11.5. The maximum Gasteiger partial charge on any atom is 0.347 e. The Balaban J connectivity index is 1.88. The van der Waals surface area contributed by atoms with Crippen molar-refractivity contribution in [3.63, 3.8) is 0 Å². The lowest BCUT2D eigenvalue weighted by Gasteiger charge is -2.18. The monoisotopic (exact) mass is 265 g/mol. The molecule has 3 unspecified atom stereocenters. The van der Waals surface area contributed by atoms with E-state index in [9.17, 15) is 9.90 Å². The fourth-order valence-electron chi connectivity index (χ4n) is 3.65. The lowest BCUT2D eigenvalue weighted by Crippen LogP contribution is -2.08. The second-order valence-corrected chi connectivity index (χ2v) is 6.70. The highest BCUT2D eigenvalue weighted by Crippen LogP contribution is 2.53. The van der Waals surface area contributed by atoms with Crippen molar-refractivity contribution in [1.29, 1.82) is 0 Å². The number of carbonyl (C=O) groups is 1. The third kappa shape index (κ3) is 1.96. The van der Waals surface area contributed by atoms with Gasteiger partial charge >= 0.3 is 5.97 Å². The van der Waals surface area contributed by atoms with Crippen molar-refractivity contribution >= 4 is 17.3 Å². The molecule has 0 spiro atoms. The number of aromatic carboxylic acids is 1. The molecule has 0 aromatic carbocycles. The second-order valence-electron chi connectivity index (χ2n) is 5.66. The summed E-state index contributed by atoms with van der Waals surface area (Å²) in [6.45, 7) is 2.07. The van der Waals surface area contributed by atoms with Crippen molar-refractivity contribution in [2.45, 2.75) is 51.4 Å². The normalized spacial score (nSPS) is 29.9. The Kier molecular flexibility index (Phi) is 3.14. The minimum atomic E-state index is -0.801. The zero-order chi connectivity index (χ0) is 12.7. The van der Waals surface area contributed by atoms with Crippen LogP contribution in [0.1, 0.15) is 65.3 Å². The van der Waals surface area contributed by atoms with Crippen LogP contribution in [0.15, 0.2) is 0 Å². The third-order valence-corrected chi connectivity index (χ3v) is 5.67. The van der Waals surface area contributed by atoms with E-state index in [1.165, 1.54) is 37.0 Å². The molecule has 98 valence electrons. The molecule has 3 rings (SSSR count). The Hall–Kier alpha value is -0.900.